The highest BCUT2D eigenvalue weighted by atomic mass is 16.1. The van der Waals surface area contributed by atoms with Crippen LogP contribution < -0.4 is 5.32 Å². The highest BCUT2D eigenvalue weighted by Gasteiger charge is 2.05. The minimum Gasteiger partial charge on any atom is -0.352 e. The van der Waals surface area contributed by atoms with Crippen LogP contribution in [0.2, 0.25) is 0 Å². The van der Waals surface area contributed by atoms with E-state index in [-0.39, 0.29) is 5.91 Å². The Balaban J connectivity index is 1.80. The summed E-state index contributed by atoms with van der Waals surface area (Å²) in [7, 11) is 0. The van der Waals surface area contributed by atoms with Crippen LogP contribution in [0.15, 0.2) is 42.5 Å². The van der Waals surface area contributed by atoms with Crippen molar-refractivity contribution in [2.75, 3.05) is 6.54 Å². The predicted molar refractivity (Wildman–Crippen MR) is 87.7 cm³/mol. The Morgan fingerprint density at radius 1 is 1.00 bits per heavy atom. The van der Waals surface area contributed by atoms with Gasteiger partial charge in [-0.2, -0.15) is 0 Å². The molecule has 1 N–H and O–H groups in total. The number of aryl methyl sites for hydroxylation is 4. The van der Waals surface area contributed by atoms with Crippen molar-refractivity contribution in [3.63, 3.8) is 0 Å². The third-order valence-electron chi connectivity index (χ3n) is 3.69. The van der Waals surface area contributed by atoms with Gasteiger partial charge in [0, 0.05) is 12.1 Å². The summed E-state index contributed by atoms with van der Waals surface area (Å²) in [6.07, 6.45) is 1.96. The van der Waals surface area contributed by atoms with Gasteiger partial charge in [-0.3, -0.25) is 4.79 Å². The average molecular weight is 281 g/mol. The Hall–Kier alpha value is -2.09. The van der Waals surface area contributed by atoms with E-state index in [0.29, 0.717) is 6.54 Å². The quantitative estimate of drug-likeness (QED) is 0.825. The lowest BCUT2D eigenvalue weighted by Crippen LogP contribution is -2.24. The molecule has 2 aromatic carbocycles. The fourth-order valence-corrected chi connectivity index (χ4v) is 2.50. The third kappa shape index (κ3) is 4.45. The molecule has 2 nitrogen and oxygen atoms in total. The van der Waals surface area contributed by atoms with Crippen LogP contribution in [0.5, 0.6) is 0 Å². The number of carbonyl (C=O) groups excluding carboxylic acids is 1. The zero-order valence-electron chi connectivity index (χ0n) is 13.1. The maximum absolute atomic E-state index is 12.0. The largest absolute Gasteiger partial charge is 0.352 e. The third-order valence-corrected chi connectivity index (χ3v) is 3.69. The molecule has 0 fully saturated rings. The molecule has 0 atom stereocenters. The molecule has 0 heterocycles. The minimum atomic E-state index is 0.0133. The van der Waals surface area contributed by atoms with Crippen LogP contribution in [-0.4, -0.2) is 12.5 Å². The summed E-state index contributed by atoms with van der Waals surface area (Å²) < 4.78 is 0. The average Bonchev–Trinajstić information content (AvgIpc) is 2.45. The van der Waals surface area contributed by atoms with E-state index < -0.39 is 0 Å². The standard InChI is InChI=1S/C19H23NO/c1-14-6-4-7-18(13-14)19(21)20-11-5-8-17-10-9-15(2)12-16(17)3/h4,6-7,9-10,12-13H,5,8,11H2,1-3H3,(H,20,21). The van der Waals surface area contributed by atoms with E-state index in [2.05, 4.69) is 37.4 Å². The highest BCUT2D eigenvalue weighted by molar-refractivity contribution is 5.94. The normalized spacial score (nSPS) is 10.4. The van der Waals surface area contributed by atoms with Crippen LogP contribution in [0.25, 0.3) is 0 Å². The smallest absolute Gasteiger partial charge is 0.251 e. The number of benzene rings is 2. The van der Waals surface area contributed by atoms with E-state index >= 15 is 0 Å². The molecule has 0 spiro atoms. The summed E-state index contributed by atoms with van der Waals surface area (Å²) in [5, 5.41) is 2.99. The van der Waals surface area contributed by atoms with Gasteiger partial charge in [-0.15, -0.1) is 0 Å². The molecule has 0 aliphatic rings. The van der Waals surface area contributed by atoms with Crippen molar-refractivity contribution < 1.29 is 4.79 Å². The Kier molecular flexibility index (Phi) is 5.15. The van der Waals surface area contributed by atoms with Gasteiger partial charge < -0.3 is 5.32 Å². The first-order chi connectivity index (χ1) is 10.1. The summed E-state index contributed by atoms with van der Waals surface area (Å²) in [5.41, 5.74) is 5.84. The monoisotopic (exact) mass is 281 g/mol. The van der Waals surface area contributed by atoms with Crippen molar-refractivity contribution in [2.24, 2.45) is 0 Å². The van der Waals surface area contributed by atoms with E-state index in [0.717, 1.165) is 24.0 Å². The Morgan fingerprint density at radius 2 is 1.76 bits per heavy atom. The van der Waals surface area contributed by atoms with E-state index in [1.807, 2.05) is 31.2 Å². The molecule has 0 aliphatic heterocycles. The summed E-state index contributed by atoms with van der Waals surface area (Å²) in [4.78, 5) is 12.0. The van der Waals surface area contributed by atoms with Crippen LogP contribution in [0, 0.1) is 20.8 Å². The van der Waals surface area contributed by atoms with E-state index in [4.69, 9.17) is 0 Å². The maximum Gasteiger partial charge on any atom is 0.251 e. The van der Waals surface area contributed by atoms with Gasteiger partial charge in [-0.25, -0.2) is 0 Å². The second-order valence-electron chi connectivity index (χ2n) is 5.66. The van der Waals surface area contributed by atoms with Crippen molar-refractivity contribution in [3.8, 4) is 0 Å². The number of hydrogen-bond acceptors (Lipinski definition) is 1. The summed E-state index contributed by atoms with van der Waals surface area (Å²) in [6, 6.07) is 14.2. The van der Waals surface area contributed by atoms with Crippen LogP contribution in [0.4, 0.5) is 0 Å². The highest BCUT2D eigenvalue weighted by Crippen LogP contribution is 2.12. The molecule has 1 amide bonds. The molecule has 110 valence electrons. The Morgan fingerprint density at radius 3 is 2.48 bits per heavy atom. The van der Waals surface area contributed by atoms with Gasteiger partial charge in [0.05, 0.1) is 0 Å². The van der Waals surface area contributed by atoms with Crippen LogP contribution in [0.1, 0.15) is 39.0 Å². The molecular formula is C19H23NO. The van der Waals surface area contributed by atoms with Crippen molar-refractivity contribution in [2.45, 2.75) is 33.6 Å². The van der Waals surface area contributed by atoms with Gasteiger partial charge >= 0.3 is 0 Å². The van der Waals surface area contributed by atoms with Gasteiger partial charge in [0.1, 0.15) is 0 Å². The minimum absolute atomic E-state index is 0.0133. The summed E-state index contributed by atoms with van der Waals surface area (Å²) in [5.74, 6) is 0.0133. The number of hydrogen-bond donors (Lipinski definition) is 1. The first-order valence-corrected chi connectivity index (χ1v) is 7.47. The number of carbonyl (C=O) groups is 1. The van der Waals surface area contributed by atoms with E-state index in [1.165, 1.54) is 16.7 Å². The molecule has 2 aromatic rings. The molecule has 0 saturated heterocycles. The van der Waals surface area contributed by atoms with Gasteiger partial charge in [-0.1, -0.05) is 41.5 Å². The fraction of sp³-hybridized carbons (Fsp3) is 0.316. The Bertz CT molecular complexity index is 631. The number of amides is 1. The van der Waals surface area contributed by atoms with Gasteiger partial charge in [-0.05, 0) is 56.9 Å². The number of nitrogens with one attached hydrogen (secondary N) is 1. The lowest BCUT2D eigenvalue weighted by Gasteiger charge is -2.08. The summed E-state index contributed by atoms with van der Waals surface area (Å²) in [6.45, 7) is 6.96. The van der Waals surface area contributed by atoms with Crippen molar-refractivity contribution >= 4 is 5.91 Å². The van der Waals surface area contributed by atoms with Gasteiger partial charge in [0.25, 0.3) is 5.91 Å². The van der Waals surface area contributed by atoms with Crippen molar-refractivity contribution in [1.82, 2.24) is 5.32 Å². The van der Waals surface area contributed by atoms with Gasteiger partial charge in [0.15, 0.2) is 0 Å². The molecule has 21 heavy (non-hydrogen) atoms. The Labute approximate surface area is 127 Å². The number of rotatable bonds is 5. The molecule has 0 radical (unpaired) electrons. The molecule has 0 bridgehead atoms. The second-order valence-corrected chi connectivity index (χ2v) is 5.66. The molecule has 0 aromatic heterocycles. The molecule has 2 rings (SSSR count). The topological polar surface area (TPSA) is 29.1 Å². The molecule has 2 heteroatoms. The van der Waals surface area contributed by atoms with E-state index in [1.54, 1.807) is 0 Å². The summed E-state index contributed by atoms with van der Waals surface area (Å²) >= 11 is 0. The molecule has 0 saturated carbocycles. The first-order valence-electron chi connectivity index (χ1n) is 7.47. The molecule has 0 unspecified atom stereocenters. The SMILES string of the molecule is Cc1cccc(C(=O)NCCCc2ccc(C)cc2C)c1. The van der Waals surface area contributed by atoms with Crippen LogP contribution in [-0.2, 0) is 6.42 Å². The maximum atomic E-state index is 12.0. The van der Waals surface area contributed by atoms with Gasteiger partial charge in [0.2, 0.25) is 0 Å². The lowest BCUT2D eigenvalue weighted by molar-refractivity contribution is 0.0953. The molecule has 0 aliphatic carbocycles. The zero-order chi connectivity index (χ0) is 15.2. The van der Waals surface area contributed by atoms with Crippen molar-refractivity contribution in [3.05, 3.63) is 70.3 Å². The second kappa shape index (κ2) is 7.07. The van der Waals surface area contributed by atoms with Crippen LogP contribution in [0.3, 0.4) is 0 Å². The lowest BCUT2D eigenvalue weighted by atomic mass is 10.0. The fourth-order valence-electron chi connectivity index (χ4n) is 2.50. The van der Waals surface area contributed by atoms with E-state index in [9.17, 15) is 4.79 Å². The van der Waals surface area contributed by atoms with Crippen molar-refractivity contribution in [1.29, 1.82) is 0 Å². The first kappa shape index (κ1) is 15.3. The zero-order valence-corrected chi connectivity index (χ0v) is 13.1. The molecular weight excluding hydrogens is 258 g/mol. The predicted octanol–water partition coefficient (Wildman–Crippen LogP) is 3.97. The van der Waals surface area contributed by atoms with Crippen LogP contribution >= 0.6 is 0 Å².